The minimum atomic E-state index is -4.07. The average molecular weight is 337 g/mol. The minimum Gasteiger partial charge on any atom is -0.492 e. The van der Waals surface area contributed by atoms with Gasteiger partial charge in [0.05, 0.1) is 12.9 Å². The third-order valence-corrected chi connectivity index (χ3v) is 4.56. The highest BCUT2D eigenvalue weighted by molar-refractivity contribution is 7.90. The molecule has 0 aliphatic heterocycles. The van der Waals surface area contributed by atoms with E-state index in [4.69, 9.17) is 9.15 Å². The molecule has 1 N–H and O–H groups in total. The summed E-state index contributed by atoms with van der Waals surface area (Å²) in [7, 11) is -4.07. The summed E-state index contributed by atoms with van der Waals surface area (Å²) in [6, 6.07) is 7.80. The van der Waals surface area contributed by atoms with Crippen molar-refractivity contribution >= 4 is 15.9 Å². The Morgan fingerprint density at radius 1 is 1.26 bits per heavy atom. The van der Waals surface area contributed by atoms with E-state index in [1.165, 1.54) is 18.4 Å². The second-order valence-corrected chi connectivity index (χ2v) is 6.82. The van der Waals surface area contributed by atoms with Crippen LogP contribution in [0, 0.1) is 0 Å². The zero-order valence-electron chi connectivity index (χ0n) is 13.2. The molecule has 1 heterocycles. The molecule has 0 fully saturated rings. The van der Waals surface area contributed by atoms with Crippen molar-refractivity contribution in [3.8, 4) is 5.75 Å². The van der Waals surface area contributed by atoms with Crippen molar-refractivity contribution in [2.24, 2.45) is 0 Å². The largest absolute Gasteiger partial charge is 0.492 e. The first-order chi connectivity index (χ1) is 10.9. The molecule has 0 aliphatic rings. The van der Waals surface area contributed by atoms with Gasteiger partial charge >= 0.3 is 5.91 Å². The molecule has 0 spiro atoms. The lowest BCUT2D eigenvalue weighted by molar-refractivity contribution is 0.0952. The Kier molecular flexibility index (Phi) is 5.10. The fourth-order valence-electron chi connectivity index (χ4n) is 2.13. The molecule has 0 atom stereocenters. The molecule has 0 radical (unpaired) electrons. The molecule has 2 rings (SSSR count). The first-order valence-corrected chi connectivity index (χ1v) is 8.71. The Bertz CT molecular complexity index is 792. The van der Waals surface area contributed by atoms with Crippen molar-refractivity contribution in [3.05, 3.63) is 47.9 Å². The van der Waals surface area contributed by atoms with E-state index in [0.29, 0.717) is 12.2 Å². The lowest BCUT2D eigenvalue weighted by atomic mass is 10.0. The number of sulfonamides is 1. The highest BCUT2D eigenvalue weighted by Crippen LogP contribution is 2.25. The molecule has 0 unspecified atom stereocenters. The molecule has 2 aromatic rings. The van der Waals surface area contributed by atoms with Gasteiger partial charge in [-0.3, -0.25) is 4.79 Å². The van der Waals surface area contributed by atoms with Gasteiger partial charge in [0.25, 0.3) is 10.0 Å². The number of ether oxygens (including phenoxy) is 1. The fourth-order valence-corrected chi connectivity index (χ4v) is 3.22. The number of hydrogen-bond donors (Lipinski definition) is 1. The van der Waals surface area contributed by atoms with Crippen LogP contribution in [0.4, 0.5) is 0 Å². The normalized spacial score (nSPS) is 11.5. The molecular weight excluding hydrogens is 318 g/mol. The number of para-hydroxylation sites is 1. The maximum atomic E-state index is 12.5. The second kappa shape index (κ2) is 6.87. The van der Waals surface area contributed by atoms with Crippen molar-refractivity contribution in [1.82, 2.24) is 4.72 Å². The lowest BCUT2D eigenvalue weighted by Gasteiger charge is -2.12. The summed E-state index contributed by atoms with van der Waals surface area (Å²) < 4.78 is 37.4. The molecule has 7 heteroatoms. The fraction of sp³-hybridized carbons (Fsp3) is 0.312. The van der Waals surface area contributed by atoms with Crippen LogP contribution in [0.1, 0.15) is 42.8 Å². The van der Waals surface area contributed by atoms with Crippen LogP contribution >= 0.6 is 0 Å². The van der Waals surface area contributed by atoms with E-state index in [2.05, 4.69) is 0 Å². The minimum absolute atomic E-state index is 0.00235. The predicted molar refractivity (Wildman–Crippen MR) is 85.1 cm³/mol. The number of amides is 1. The zero-order chi connectivity index (χ0) is 17.0. The van der Waals surface area contributed by atoms with Gasteiger partial charge in [-0.25, -0.2) is 13.1 Å². The summed E-state index contributed by atoms with van der Waals surface area (Å²) in [4.78, 5) is 12.2. The summed E-state index contributed by atoms with van der Waals surface area (Å²) in [6.45, 7) is 5.84. The van der Waals surface area contributed by atoms with Gasteiger partial charge < -0.3 is 9.15 Å². The SMILES string of the molecule is CCOc1ccccc1S(=O)(=O)NC(=O)c1occc1C(C)C. The standard InChI is InChI=1S/C16H19NO5S/c1-4-21-13-7-5-6-8-14(13)23(19,20)17-16(18)15-12(11(2)3)9-10-22-15/h5-11H,4H2,1-3H3,(H,17,18). The van der Waals surface area contributed by atoms with Crippen molar-refractivity contribution in [2.45, 2.75) is 31.6 Å². The number of carbonyl (C=O) groups is 1. The van der Waals surface area contributed by atoms with E-state index in [0.717, 1.165) is 0 Å². The van der Waals surface area contributed by atoms with Gasteiger partial charge in [0.15, 0.2) is 5.76 Å². The molecule has 124 valence electrons. The number of rotatable bonds is 6. The van der Waals surface area contributed by atoms with Crippen molar-refractivity contribution in [3.63, 3.8) is 0 Å². The van der Waals surface area contributed by atoms with Crippen molar-refractivity contribution < 1.29 is 22.4 Å². The Labute approximate surface area is 135 Å². The Morgan fingerprint density at radius 2 is 1.96 bits per heavy atom. The Morgan fingerprint density at radius 3 is 2.61 bits per heavy atom. The number of carbonyl (C=O) groups excluding carboxylic acids is 1. The predicted octanol–water partition coefficient (Wildman–Crippen LogP) is 2.92. The molecule has 0 saturated heterocycles. The highest BCUT2D eigenvalue weighted by Gasteiger charge is 2.26. The maximum absolute atomic E-state index is 12.5. The molecule has 0 aliphatic carbocycles. The van der Waals surface area contributed by atoms with Gasteiger partial charge in [-0.1, -0.05) is 26.0 Å². The van der Waals surface area contributed by atoms with Gasteiger partial charge in [-0.15, -0.1) is 0 Å². The first kappa shape index (κ1) is 17.1. The smallest absolute Gasteiger partial charge is 0.300 e. The van der Waals surface area contributed by atoms with E-state index in [-0.39, 0.29) is 22.3 Å². The summed E-state index contributed by atoms with van der Waals surface area (Å²) in [5.41, 5.74) is 0.649. The van der Waals surface area contributed by atoms with E-state index >= 15 is 0 Å². The molecular formula is C16H19NO5S. The quantitative estimate of drug-likeness (QED) is 0.876. The molecule has 1 aromatic heterocycles. The van der Waals surface area contributed by atoms with Crippen LogP contribution in [0.25, 0.3) is 0 Å². The molecule has 1 amide bonds. The third-order valence-electron chi connectivity index (χ3n) is 3.19. The van der Waals surface area contributed by atoms with Crippen LogP contribution in [-0.4, -0.2) is 20.9 Å². The van der Waals surface area contributed by atoms with E-state index in [1.807, 2.05) is 18.6 Å². The van der Waals surface area contributed by atoms with Crippen LogP contribution in [0.5, 0.6) is 5.75 Å². The van der Waals surface area contributed by atoms with E-state index in [9.17, 15) is 13.2 Å². The topological polar surface area (TPSA) is 85.6 Å². The van der Waals surface area contributed by atoms with Crippen LogP contribution in [0.15, 0.2) is 45.9 Å². The van der Waals surface area contributed by atoms with Gasteiger partial charge in [-0.05, 0) is 31.0 Å². The molecule has 23 heavy (non-hydrogen) atoms. The number of nitrogens with one attached hydrogen (secondary N) is 1. The van der Waals surface area contributed by atoms with E-state index < -0.39 is 15.9 Å². The summed E-state index contributed by atoms with van der Waals surface area (Å²) in [5.74, 6) is -0.575. The summed E-state index contributed by atoms with van der Waals surface area (Å²) >= 11 is 0. The molecule has 0 saturated carbocycles. The zero-order valence-corrected chi connectivity index (χ0v) is 14.0. The molecule has 0 bridgehead atoms. The third kappa shape index (κ3) is 3.73. The number of benzene rings is 1. The van der Waals surface area contributed by atoms with Crippen molar-refractivity contribution in [2.75, 3.05) is 6.61 Å². The van der Waals surface area contributed by atoms with Gasteiger partial charge in [0.2, 0.25) is 0 Å². The van der Waals surface area contributed by atoms with Crippen LogP contribution in [0.3, 0.4) is 0 Å². The first-order valence-electron chi connectivity index (χ1n) is 7.23. The number of furan rings is 1. The van der Waals surface area contributed by atoms with E-state index in [1.54, 1.807) is 25.1 Å². The van der Waals surface area contributed by atoms with Crippen molar-refractivity contribution in [1.29, 1.82) is 0 Å². The number of hydrogen-bond acceptors (Lipinski definition) is 5. The monoisotopic (exact) mass is 337 g/mol. The van der Waals surface area contributed by atoms with Gasteiger partial charge in [0.1, 0.15) is 10.6 Å². The molecule has 1 aromatic carbocycles. The van der Waals surface area contributed by atoms with Crippen LogP contribution in [0.2, 0.25) is 0 Å². The maximum Gasteiger partial charge on any atom is 0.300 e. The van der Waals surface area contributed by atoms with Gasteiger partial charge in [0, 0.05) is 5.56 Å². The van der Waals surface area contributed by atoms with Crippen LogP contribution < -0.4 is 9.46 Å². The second-order valence-electron chi connectivity index (χ2n) is 5.17. The molecule has 6 nitrogen and oxygen atoms in total. The van der Waals surface area contributed by atoms with Gasteiger partial charge in [-0.2, -0.15) is 0 Å². The Balaban J connectivity index is 2.31. The van der Waals surface area contributed by atoms with Crippen LogP contribution in [-0.2, 0) is 10.0 Å². The highest BCUT2D eigenvalue weighted by atomic mass is 32.2. The summed E-state index contributed by atoms with van der Waals surface area (Å²) in [5, 5.41) is 0. The summed E-state index contributed by atoms with van der Waals surface area (Å²) in [6.07, 6.45) is 1.37. The average Bonchev–Trinajstić information content (AvgIpc) is 2.97. The lowest BCUT2D eigenvalue weighted by Crippen LogP contribution is -2.31. The Hall–Kier alpha value is -2.28.